The number of hydrogen-bond acceptors (Lipinski definition) is 9. The fraction of sp³-hybridized carbons (Fsp3) is 0.382. The zero-order chi connectivity index (χ0) is 33.7. The maximum Gasteiger partial charge on any atom is 0.433 e. The average molecular weight is 672 g/mol. The fourth-order valence-corrected chi connectivity index (χ4v) is 6.74. The molecule has 0 bridgehead atoms. The third kappa shape index (κ3) is 6.36. The molecule has 0 spiro atoms. The van der Waals surface area contributed by atoms with Crippen molar-refractivity contribution in [1.82, 2.24) is 9.88 Å². The second-order valence-corrected chi connectivity index (χ2v) is 12.9. The van der Waals surface area contributed by atoms with Crippen LogP contribution in [0.1, 0.15) is 43.4 Å². The van der Waals surface area contributed by atoms with Crippen molar-refractivity contribution in [3.8, 4) is 22.8 Å². The van der Waals surface area contributed by atoms with Crippen molar-refractivity contribution in [3.63, 3.8) is 0 Å². The van der Waals surface area contributed by atoms with Gasteiger partial charge in [-0.15, -0.1) is 0 Å². The van der Waals surface area contributed by atoms with Gasteiger partial charge in [0.2, 0.25) is 0 Å². The summed E-state index contributed by atoms with van der Waals surface area (Å²) in [4.78, 5) is 34.4. The highest BCUT2D eigenvalue weighted by molar-refractivity contribution is 6.33. The summed E-state index contributed by atoms with van der Waals surface area (Å²) in [7, 11) is 1.88. The fourth-order valence-electron chi connectivity index (χ4n) is 6.51. The molecule has 13 heteroatoms. The highest BCUT2D eigenvalue weighted by Crippen LogP contribution is 2.45. The predicted octanol–water partition coefficient (Wildman–Crippen LogP) is 6.58. The molecule has 2 atom stereocenters. The number of carbonyl (C=O) groups excluding carboxylic acids is 1. The van der Waals surface area contributed by atoms with Gasteiger partial charge in [-0.25, -0.2) is 0 Å². The Bertz CT molecular complexity index is 1890. The molecular formula is C34H33ClF3N3O6. The summed E-state index contributed by atoms with van der Waals surface area (Å²) in [6.45, 7) is 3.37. The Morgan fingerprint density at radius 3 is 2.51 bits per heavy atom. The maximum atomic E-state index is 13.8. The van der Waals surface area contributed by atoms with Crippen LogP contribution in [-0.4, -0.2) is 65.4 Å². The summed E-state index contributed by atoms with van der Waals surface area (Å²) in [5.74, 6) is -1.66. The van der Waals surface area contributed by atoms with Crippen molar-refractivity contribution in [2.24, 2.45) is 5.41 Å². The van der Waals surface area contributed by atoms with Crippen LogP contribution in [-0.2, 0) is 15.7 Å². The Morgan fingerprint density at radius 1 is 1.09 bits per heavy atom. The van der Waals surface area contributed by atoms with Crippen molar-refractivity contribution < 1.29 is 37.3 Å². The number of likely N-dealkylation sites (tertiary alicyclic amines) is 1. The third-order valence-corrected chi connectivity index (χ3v) is 9.62. The van der Waals surface area contributed by atoms with Gasteiger partial charge in [-0.3, -0.25) is 14.6 Å². The number of rotatable bonds is 5. The first kappa shape index (κ1) is 32.6. The first-order chi connectivity index (χ1) is 22.2. The molecule has 2 aliphatic rings. The number of benzene rings is 2. The quantitative estimate of drug-likeness (QED) is 0.227. The lowest BCUT2D eigenvalue weighted by atomic mass is 9.79. The topological polar surface area (TPSA) is 116 Å². The molecule has 2 fully saturated rings. The van der Waals surface area contributed by atoms with Crippen molar-refractivity contribution >= 4 is 34.2 Å². The van der Waals surface area contributed by atoms with E-state index in [1.54, 1.807) is 36.1 Å². The molecule has 2 aromatic carbocycles. The van der Waals surface area contributed by atoms with E-state index in [-0.39, 0.29) is 28.0 Å². The lowest BCUT2D eigenvalue weighted by molar-refractivity contribution is -0.165. The summed E-state index contributed by atoms with van der Waals surface area (Å²) in [6.07, 6.45) is -3.07. The molecule has 2 saturated heterocycles. The Labute approximate surface area is 273 Å². The van der Waals surface area contributed by atoms with Gasteiger partial charge in [-0.1, -0.05) is 23.7 Å². The molecule has 2 aliphatic heterocycles. The molecule has 2 N–H and O–H groups in total. The van der Waals surface area contributed by atoms with E-state index in [1.165, 1.54) is 12.1 Å². The molecule has 0 radical (unpaired) electrons. The van der Waals surface area contributed by atoms with E-state index in [4.69, 9.17) is 20.8 Å². The van der Waals surface area contributed by atoms with Crippen molar-refractivity contribution in [3.05, 3.63) is 81.2 Å². The molecule has 248 valence electrons. The smallest absolute Gasteiger partial charge is 0.433 e. The van der Waals surface area contributed by atoms with E-state index >= 15 is 0 Å². The van der Waals surface area contributed by atoms with Gasteiger partial charge in [-0.05, 0) is 64.0 Å². The number of halogens is 4. The van der Waals surface area contributed by atoms with Gasteiger partial charge in [0.1, 0.15) is 40.0 Å². The second kappa shape index (κ2) is 12.4. The predicted molar refractivity (Wildman–Crippen MR) is 170 cm³/mol. The number of carbonyl (C=O) groups is 1. The number of esters is 1. The number of aromatic hydroxyl groups is 2. The minimum Gasteiger partial charge on any atom is -0.507 e. The van der Waals surface area contributed by atoms with E-state index in [0.717, 1.165) is 18.3 Å². The summed E-state index contributed by atoms with van der Waals surface area (Å²) >= 11 is 6.39. The zero-order valence-electron chi connectivity index (χ0n) is 25.7. The Kier molecular flexibility index (Phi) is 8.60. The van der Waals surface area contributed by atoms with Crippen molar-refractivity contribution in [2.45, 2.75) is 44.4 Å². The summed E-state index contributed by atoms with van der Waals surface area (Å²) in [6, 6.07) is 11.7. The number of alkyl halides is 3. The second-order valence-electron chi connectivity index (χ2n) is 12.5. The number of phenols is 2. The monoisotopic (exact) mass is 671 g/mol. The van der Waals surface area contributed by atoms with Crippen LogP contribution in [0.4, 0.5) is 18.9 Å². The average Bonchev–Trinajstić information content (AvgIpc) is 3.02. The molecule has 0 unspecified atom stereocenters. The van der Waals surface area contributed by atoms with Crippen LogP contribution in [0.5, 0.6) is 11.5 Å². The van der Waals surface area contributed by atoms with Gasteiger partial charge >= 0.3 is 12.1 Å². The van der Waals surface area contributed by atoms with Gasteiger partial charge in [0.05, 0.1) is 10.4 Å². The van der Waals surface area contributed by atoms with E-state index in [9.17, 15) is 33.0 Å². The number of anilines is 1. The Morgan fingerprint density at radius 2 is 1.81 bits per heavy atom. The van der Waals surface area contributed by atoms with Crippen LogP contribution in [0.2, 0.25) is 5.02 Å². The number of ether oxygens (including phenoxy) is 1. The SMILES string of the molecule is CN1CC[C@H](c2c(O)cc(O)c3c(=O)cc(-c4ccccc4Cl)oc23)[C@H](OC(=O)C2(C)CCN(c3ccnc(C(F)(F)F)c3)CC2)C1. The summed E-state index contributed by atoms with van der Waals surface area (Å²) in [5.41, 5.74) is -1.37. The molecule has 0 saturated carbocycles. The van der Waals surface area contributed by atoms with Crippen LogP contribution in [0.3, 0.4) is 0 Å². The summed E-state index contributed by atoms with van der Waals surface area (Å²) < 4.78 is 52.1. The highest BCUT2D eigenvalue weighted by Gasteiger charge is 2.43. The van der Waals surface area contributed by atoms with Gasteiger partial charge in [0, 0.05) is 60.7 Å². The molecule has 6 rings (SSSR count). The third-order valence-electron chi connectivity index (χ3n) is 9.29. The Balaban J connectivity index is 1.29. The van der Waals surface area contributed by atoms with Crippen LogP contribution in [0.15, 0.2) is 63.9 Å². The largest absolute Gasteiger partial charge is 0.507 e. The number of pyridine rings is 1. The van der Waals surface area contributed by atoms with Crippen molar-refractivity contribution in [1.29, 1.82) is 0 Å². The van der Waals surface area contributed by atoms with Gasteiger partial charge < -0.3 is 29.2 Å². The molecule has 4 heterocycles. The molecule has 9 nitrogen and oxygen atoms in total. The number of piperidine rings is 2. The number of fused-ring (bicyclic) bond motifs is 1. The van der Waals surface area contributed by atoms with Crippen LogP contribution in [0.25, 0.3) is 22.3 Å². The first-order valence-electron chi connectivity index (χ1n) is 15.2. The highest BCUT2D eigenvalue weighted by atomic mass is 35.5. The minimum atomic E-state index is -4.57. The van der Waals surface area contributed by atoms with E-state index in [2.05, 4.69) is 4.98 Å². The minimum absolute atomic E-state index is 0.0179. The van der Waals surface area contributed by atoms with E-state index < -0.39 is 46.5 Å². The van der Waals surface area contributed by atoms with Crippen molar-refractivity contribution in [2.75, 3.05) is 38.1 Å². The number of aromatic nitrogens is 1. The van der Waals surface area contributed by atoms with Crippen LogP contribution in [0, 0.1) is 5.41 Å². The molecule has 4 aromatic rings. The normalized spacial score (nSPS) is 20.3. The number of hydrogen-bond donors (Lipinski definition) is 2. The summed E-state index contributed by atoms with van der Waals surface area (Å²) in [5, 5.41) is 22.1. The Hall–Kier alpha value is -4.29. The number of phenolic OH excluding ortho intramolecular Hbond substituents is 2. The number of likely N-dealkylation sites (N-methyl/N-ethyl adjacent to an activating group) is 1. The van der Waals surface area contributed by atoms with E-state index in [1.807, 2.05) is 11.9 Å². The zero-order valence-corrected chi connectivity index (χ0v) is 26.4. The van der Waals surface area contributed by atoms with Gasteiger partial charge in [0.25, 0.3) is 0 Å². The van der Waals surface area contributed by atoms with Crippen LogP contribution < -0.4 is 10.3 Å². The molecule has 0 amide bonds. The molecular weight excluding hydrogens is 639 g/mol. The number of nitrogens with zero attached hydrogens (tertiary/aromatic N) is 3. The van der Waals surface area contributed by atoms with E-state index in [0.29, 0.717) is 61.7 Å². The van der Waals surface area contributed by atoms with Crippen LogP contribution >= 0.6 is 11.6 Å². The maximum absolute atomic E-state index is 13.8. The van der Waals surface area contributed by atoms with Gasteiger partial charge in [0.15, 0.2) is 5.43 Å². The molecule has 2 aromatic heterocycles. The lowest BCUT2D eigenvalue weighted by Gasteiger charge is -2.42. The molecule has 0 aliphatic carbocycles. The lowest BCUT2D eigenvalue weighted by Crippen LogP contribution is -2.48. The standard InChI is InChI=1S/C34H33ClF3N3O6/c1-33(9-13-41(14-10-33)19-7-11-39-28(15-19)34(36,37)38)32(45)47-27-18-40(2)12-8-21(27)29-23(42)16-24(43)30-25(44)17-26(46-31(29)30)20-5-3-4-6-22(20)35/h3-7,11,15-17,21,27,42-43H,8-10,12-14,18H2,1-2H3/t21-,27+/m0/s1. The van der Waals surface area contributed by atoms with Gasteiger partial charge in [-0.2, -0.15) is 13.2 Å². The molecule has 47 heavy (non-hydrogen) atoms. The first-order valence-corrected chi connectivity index (χ1v) is 15.6.